The first-order chi connectivity index (χ1) is 17.9. The molecular formula is C31H45FN2O4. The molecule has 0 radical (unpaired) electrons. The van der Waals surface area contributed by atoms with E-state index in [1.54, 1.807) is 6.07 Å². The van der Waals surface area contributed by atoms with Crippen LogP contribution in [-0.4, -0.2) is 29.7 Å². The van der Waals surface area contributed by atoms with Gasteiger partial charge in [-0.25, -0.2) is 0 Å². The van der Waals surface area contributed by atoms with Crippen LogP contribution in [0.2, 0.25) is 0 Å². The maximum Gasteiger partial charge on any atom is 0.265 e. The number of phenolic OH excluding ortho intramolecular Hbond substituents is 1. The van der Waals surface area contributed by atoms with Gasteiger partial charge in [0.05, 0.1) is 6.67 Å². The number of halogens is 1. The number of carbonyl (C=O) groups is 2. The highest BCUT2D eigenvalue weighted by Gasteiger charge is 2.29. The Labute approximate surface area is 227 Å². The molecule has 3 N–H and O–H groups in total. The number of hydrogen-bond acceptors (Lipinski definition) is 4. The van der Waals surface area contributed by atoms with Crippen LogP contribution in [0.25, 0.3) is 0 Å². The topological polar surface area (TPSA) is 87.7 Å². The monoisotopic (exact) mass is 528 g/mol. The first-order valence-electron chi connectivity index (χ1n) is 13.7. The minimum absolute atomic E-state index is 0.0221. The highest BCUT2D eigenvalue weighted by molar-refractivity contribution is 5.96. The second-order valence-electron chi connectivity index (χ2n) is 11.2. The van der Waals surface area contributed by atoms with Crippen LogP contribution in [0.1, 0.15) is 98.1 Å². The summed E-state index contributed by atoms with van der Waals surface area (Å²) in [6.07, 6.45) is 2.54. The van der Waals surface area contributed by atoms with Crippen LogP contribution in [0.15, 0.2) is 36.4 Å². The Balaban J connectivity index is 2.25. The molecule has 0 fully saturated rings. The van der Waals surface area contributed by atoms with Crippen molar-refractivity contribution in [3.63, 3.8) is 0 Å². The fourth-order valence-electron chi connectivity index (χ4n) is 4.03. The van der Waals surface area contributed by atoms with Crippen LogP contribution in [0.5, 0.6) is 11.5 Å². The van der Waals surface area contributed by atoms with E-state index in [4.69, 9.17) is 4.74 Å². The second kappa shape index (κ2) is 13.6. The maximum atomic E-state index is 13.2. The summed E-state index contributed by atoms with van der Waals surface area (Å²) in [7, 11) is 0. The Hall–Kier alpha value is -3.09. The van der Waals surface area contributed by atoms with Gasteiger partial charge >= 0.3 is 0 Å². The zero-order valence-electron chi connectivity index (χ0n) is 24.0. The number of anilines is 2. The van der Waals surface area contributed by atoms with Crippen molar-refractivity contribution in [3.8, 4) is 11.5 Å². The van der Waals surface area contributed by atoms with E-state index in [1.165, 1.54) is 17.7 Å². The summed E-state index contributed by atoms with van der Waals surface area (Å²) in [6.45, 7) is 14.6. The second-order valence-corrected chi connectivity index (χ2v) is 11.2. The average Bonchev–Trinajstić information content (AvgIpc) is 2.86. The summed E-state index contributed by atoms with van der Waals surface area (Å²) in [4.78, 5) is 25.3. The zero-order chi connectivity index (χ0) is 28.5. The Morgan fingerprint density at radius 2 is 1.55 bits per heavy atom. The minimum Gasteiger partial charge on any atom is -0.508 e. The molecule has 0 aromatic heterocycles. The summed E-state index contributed by atoms with van der Waals surface area (Å²) in [5.41, 5.74) is 2.87. The molecule has 0 aliphatic rings. The Morgan fingerprint density at radius 1 is 0.921 bits per heavy atom. The molecule has 0 saturated carbocycles. The molecule has 2 aromatic rings. The zero-order valence-corrected chi connectivity index (χ0v) is 24.0. The summed E-state index contributed by atoms with van der Waals surface area (Å²) in [6, 6.07) is 10.7. The van der Waals surface area contributed by atoms with Crippen LogP contribution < -0.4 is 15.4 Å². The molecule has 2 aromatic carbocycles. The SMILES string of the molecule is CCC(Oc1ccc(C(C)(C)CC)cc1C(C)(C)CC)C(=O)Nc1cc(O)cc(NC(=O)CCCCF)c1. The van der Waals surface area contributed by atoms with Crippen LogP contribution in [0.3, 0.4) is 0 Å². The number of nitrogens with one attached hydrogen (secondary N) is 2. The van der Waals surface area contributed by atoms with E-state index in [0.717, 1.165) is 18.4 Å². The van der Waals surface area contributed by atoms with E-state index in [-0.39, 0.29) is 34.8 Å². The molecule has 7 heteroatoms. The van der Waals surface area contributed by atoms with Gasteiger partial charge in [0.2, 0.25) is 5.91 Å². The van der Waals surface area contributed by atoms with Crippen LogP contribution in [0, 0.1) is 0 Å². The largest absolute Gasteiger partial charge is 0.508 e. The lowest BCUT2D eigenvalue weighted by atomic mass is 9.76. The Kier molecular flexibility index (Phi) is 11.2. The van der Waals surface area contributed by atoms with Crippen molar-refractivity contribution in [3.05, 3.63) is 47.5 Å². The summed E-state index contributed by atoms with van der Waals surface area (Å²) in [5, 5.41) is 15.6. The van der Waals surface area contributed by atoms with Crippen molar-refractivity contribution in [1.82, 2.24) is 0 Å². The molecule has 1 unspecified atom stereocenters. The van der Waals surface area contributed by atoms with Crippen LogP contribution in [0.4, 0.5) is 15.8 Å². The van der Waals surface area contributed by atoms with Crippen molar-refractivity contribution >= 4 is 23.2 Å². The predicted octanol–water partition coefficient (Wildman–Crippen LogP) is 7.64. The van der Waals surface area contributed by atoms with E-state index in [1.807, 2.05) is 13.0 Å². The minimum atomic E-state index is -0.757. The molecule has 2 rings (SSSR count). The summed E-state index contributed by atoms with van der Waals surface area (Å²) >= 11 is 0. The van der Waals surface area contributed by atoms with Gasteiger partial charge in [-0.1, -0.05) is 60.6 Å². The number of amides is 2. The van der Waals surface area contributed by atoms with E-state index >= 15 is 0 Å². The lowest BCUT2D eigenvalue weighted by Crippen LogP contribution is -2.33. The molecule has 1 atom stereocenters. The normalized spacial score (nSPS) is 12.6. The number of unbranched alkanes of at least 4 members (excludes halogenated alkanes) is 1. The lowest BCUT2D eigenvalue weighted by molar-refractivity contribution is -0.123. The summed E-state index contributed by atoms with van der Waals surface area (Å²) in [5.74, 6) is -0.0445. The molecule has 210 valence electrons. The molecule has 2 amide bonds. The number of alkyl halides is 1. The molecule has 38 heavy (non-hydrogen) atoms. The molecule has 0 saturated heterocycles. The van der Waals surface area contributed by atoms with Gasteiger partial charge in [-0.2, -0.15) is 0 Å². The number of ether oxygens (including phenoxy) is 1. The van der Waals surface area contributed by atoms with Crippen LogP contribution >= 0.6 is 0 Å². The van der Waals surface area contributed by atoms with Crippen molar-refractivity contribution in [2.75, 3.05) is 17.3 Å². The highest BCUT2D eigenvalue weighted by Crippen LogP contribution is 2.39. The van der Waals surface area contributed by atoms with E-state index in [9.17, 15) is 19.1 Å². The Morgan fingerprint density at radius 3 is 2.13 bits per heavy atom. The first-order valence-corrected chi connectivity index (χ1v) is 13.7. The lowest BCUT2D eigenvalue weighted by Gasteiger charge is -2.31. The number of hydrogen-bond donors (Lipinski definition) is 3. The summed E-state index contributed by atoms with van der Waals surface area (Å²) < 4.78 is 18.6. The Bertz CT molecular complexity index is 1100. The fourth-order valence-corrected chi connectivity index (χ4v) is 4.03. The smallest absolute Gasteiger partial charge is 0.265 e. The van der Waals surface area contributed by atoms with Crippen molar-refractivity contribution in [1.29, 1.82) is 0 Å². The van der Waals surface area contributed by atoms with Crippen molar-refractivity contribution in [2.45, 2.75) is 104 Å². The number of carbonyl (C=O) groups excluding carboxylic acids is 2. The van der Waals surface area contributed by atoms with Crippen molar-refractivity contribution in [2.24, 2.45) is 0 Å². The highest BCUT2D eigenvalue weighted by atomic mass is 19.1. The van der Waals surface area contributed by atoms with Gasteiger partial charge < -0.3 is 20.5 Å². The van der Waals surface area contributed by atoms with Crippen LogP contribution in [-0.2, 0) is 20.4 Å². The van der Waals surface area contributed by atoms with E-state index in [0.29, 0.717) is 36.4 Å². The van der Waals surface area contributed by atoms with Gasteiger partial charge in [0.15, 0.2) is 6.10 Å². The number of rotatable bonds is 14. The van der Waals surface area contributed by atoms with Gasteiger partial charge in [0, 0.05) is 35.5 Å². The third-order valence-corrected chi connectivity index (χ3v) is 7.45. The maximum absolute atomic E-state index is 13.2. The standard InChI is InChI=1S/C31H45FN2O4/c1-8-26(38-27-15-14-21(30(4,5)9-2)17-25(27)31(6,7)10-3)29(37)34-23-18-22(19-24(35)20-23)33-28(36)13-11-12-16-32/h14-15,17-20,26,35H,8-13,16H2,1-7H3,(H,33,36)(H,34,37). The van der Waals surface area contributed by atoms with Gasteiger partial charge in [-0.3, -0.25) is 14.0 Å². The fraction of sp³-hybridized carbons (Fsp3) is 0.548. The molecule has 0 aliphatic heterocycles. The van der Waals surface area contributed by atoms with Gasteiger partial charge in [0.25, 0.3) is 5.91 Å². The average molecular weight is 529 g/mol. The quantitative estimate of drug-likeness (QED) is 0.220. The molecular weight excluding hydrogens is 483 g/mol. The first kappa shape index (κ1) is 31.1. The van der Waals surface area contributed by atoms with Crippen molar-refractivity contribution < 1.29 is 23.8 Å². The predicted molar refractivity (Wildman–Crippen MR) is 153 cm³/mol. The molecule has 0 bridgehead atoms. The van der Waals surface area contributed by atoms with Gasteiger partial charge in [-0.05, 0) is 60.6 Å². The van der Waals surface area contributed by atoms with E-state index < -0.39 is 12.8 Å². The molecule has 0 heterocycles. The van der Waals surface area contributed by atoms with Gasteiger partial charge in [0.1, 0.15) is 11.5 Å². The third-order valence-electron chi connectivity index (χ3n) is 7.45. The molecule has 0 aliphatic carbocycles. The number of phenols is 1. The van der Waals surface area contributed by atoms with Gasteiger partial charge in [-0.15, -0.1) is 0 Å². The van der Waals surface area contributed by atoms with E-state index in [2.05, 4.69) is 64.3 Å². The third kappa shape index (κ3) is 8.47. The molecule has 0 spiro atoms. The molecule has 6 nitrogen and oxygen atoms in total. The number of aromatic hydroxyl groups is 1. The number of benzene rings is 2.